The predicted octanol–water partition coefficient (Wildman–Crippen LogP) is 4.89. The summed E-state index contributed by atoms with van der Waals surface area (Å²) >= 11 is 5.82. The van der Waals surface area contributed by atoms with E-state index < -0.39 is 10.0 Å². The first-order chi connectivity index (χ1) is 10.8. The highest BCUT2D eigenvalue weighted by Gasteiger charge is 2.20. The summed E-state index contributed by atoms with van der Waals surface area (Å²) in [5.41, 5.74) is 2.21. The summed E-state index contributed by atoms with van der Waals surface area (Å²) in [6, 6.07) is 14.0. The molecule has 0 radical (unpaired) electrons. The fraction of sp³-hybridized carbons (Fsp3) is 0.333. The molecule has 0 aliphatic heterocycles. The molecule has 0 saturated carbocycles. The Labute approximate surface area is 143 Å². The number of nitrogens with one attached hydrogen (secondary N) is 1. The topological polar surface area (TPSA) is 46.2 Å². The molecule has 23 heavy (non-hydrogen) atoms. The molecule has 0 heterocycles. The van der Waals surface area contributed by atoms with Crippen molar-refractivity contribution in [2.75, 3.05) is 0 Å². The second-order valence-electron chi connectivity index (χ2n) is 5.86. The zero-order valence-corrected chi connectivity index (χ0v) is 15.2. The van der Waals surface area contributed by atoms with Crippen LogP contribution < -0.4 is 4.72 Å². The molecule has 0 fully saturated rings. The molecule has 0 amide bonds. The molecule has 0 aliphatic carbocycles. The standard InChI is InChI=1S/C18H22ClNO2S/c1-4-18(15-7-5-14(6-8-15)13(2)3)20-23(21,22)17-11-9-16(19)10-12-17/h5-13,18,20H,4H2,1-3H3. The minimum absolute atomic E-state index is 0.221. The Bertz CT molecular complexity index is 738. The Morgan fingerprint density at radius 1 is 0.957 bits per heavy atom. The molecule has 124 valence electrons. The first-order valence-corrected chi connectivity index (χ1v) is 9.57. The third kappa shape index (κ3) is 4.56. The third-order valence-corrected chi connectivity index (χ3v) is 5.57. The van der Waals surface area contributed by atoms with E-state index in [-0.39, 0.29) is 10.9 Å². The lowest BCUT2D eigenvalue weighted by molar-refractivity contribution is 0.550. The predicted molar refractivity (Wildman–Crippen MR) is 95.3 cm³/mol. The van der Waals surface area contributed by atoms with Gasteiger partial charge in [0.2, 0.25) is 10.0 Å². The van der Waals surface area contributed by atoms with Crippen molar-refractivity contribution in [3.8, 4) is 0 Å². The van der Waals surface area contributed by atoms with Crippen molar-refractivity contribution < 1.29 is 8.42 Å². The summed E-state index contributed by atoms with van der Waals surface area (Å²) in [6.45, 7) is 6.23. The van der Waals surface area contributed by atoms with Crippen LogP contribution in [0.3, 0.4) is 0 Å². The van der Waals surface area contributed by atoms with Crippen LogP contribution in [0.25, 0.3) is 0 Å². The Morgan fingerprint density at radius 2 is 1.48 bits per heavy atom. The number of rotatable bonds is 6. The maximum Gasteiger partial charge on any atom is 0.241 e. The van der Waals surface area contributed by atoms with Crippen LogP contribution in [-0.2, 0) is 10.0 Å². The summed E-state index contributed by atoms with van der Waals surface area (Å²) in [7, 11) is -3.57. The second-order valence-corrected chi connectivity index (χ2v) is 8.01. The summed E-state index contributed by atoms with van der Waals surface area (Å²) in [5.74, 6) is 0.454. The van der Waals surface area contributed by atoms with E-state index in [1.807, 2.05) is 19.1 Å². The lowest BCUT2D eigenvalue weighted by Gasteiger charge is -2.18. The van der Waals surface area contributed by atoms with Crippen LogP contribution in [0.1, 0.15) is 50.3 Å². The second kappa shape index (κ2) is 7.47. The van der Waals surface area contributed by atoms with E-state index in [1.165, 1.54) is 17.7 Å². The van der Waals surface area contributed by atoms with Gasteiger partial charge in [0.05, 0.1) is 4.90 Å². The average Bonchev–Trinajstić information content (AvgIpc) is 2.53. The van der Waals surface area contributed by atoms with Crippen LogP contribution >= 0.6 is 11.6 Å². The number of benzene rings is 2. The third-order valence-electron chi connectivity index (χ3n) is 3.84. The van der Waals surface area contributed by atoms with Gasteiger partial charge in [0.15, 0.2) is 0 Å². The number of halogens is 1. The van der Waals surface area contributed by atoms with Gasteiger partial charge >= 0.3 is 0 Å². The Hall–Kier alpha value is -1.36. The van der Waals surface area contributed by atoms with Gasteiger partial charge in [-0.15, -0.1) is 0 Å². The normalized spacial score (nSPS) is 13.3. The van der Waals surface area contributed by atoms with Gasteiger partial charge in [-0.3, -0.25) is 0 Å². The first-order valence-electron chi connectivity index (χ1n) is 7.71. The van der Waals surface area contributed by atoms with Crippen LogP contribution in [0.4, 0.5) is 0 Å². The summed E-state index contributed by atoms with van der Waals surface area (Å²) in [4.78, 5) is 0.221. The van der Waals surface area contributed by atoms with Gasteiger partial charge in [0, 0.05) is 11.1 Å². The van der Waals surface area contributed by atoms with Crippen molar-refractivity contribution in [1.29, 1.82) is 0 Å². The minimum Gasteiger partial charge on any atom is -0.207 e. The maximum absolute atomic E-state index is 12.5. The van der Waals surface area contributed by atoms with Crippen molar-refractivity contribution in [2.45, 2.75) is 44.0 Å². The molecule has 2 rings (SSSR count). The largest absolute Gasteiger partial charge is 0.241 e. The summed E-state index contributed by atoms with van der Waals surface area (Å²) < 4.78 is 27.8. The van der Waals surface area contributed by atoms with Gasteiger partial charge in [0.25, 0.3) is 0 Å². The number of hydrogen-bond donors (Lipinski definition) is 1. The Balaban J connectivity index is 2.22. The fourth-order valence-electron chi connectivity index (χ4n) is 2.37. The molecule has 0 bridgehead atoms. The average molecular weight is 352 g/mol. The molecule has 5 heteroatoms. The molecular formula is C18H22ClNO2S. The van der Waals surface area contributed by atoms with Crippen LogP contribution in [0, 0.1) is 0 Å². The highest BCUT2D eigenvalue weighted by molar-refractivity contribution is 7.89. The van der Waals surface area contributed by atoms with E-state index in [2.05, 4.69) is 30.7 Å². The first kappa shape index (κ1) is 18.0. The van der Waals surface area contributed by atoms with Gasteiger partial charge in [-0.05, 0) is 47.7 Å². The quantitative estimate of drug-likeness (QED) is 0.805. The zero-order chi connectivity index (χ0) is 17.0. The zero-order valence-electron chi connectivity index (χ0n) is 13.6. The van der Waals surface area contributed by atoms with Crippen molar-refractivity contribution in [2.24, 2.45) is 0 Å². The van der Waals surface area contributed by atoms with Gasteiger partial charge in [-0.25, -0.2) is 13.1 Å². The molecule has 0 aromatic heterocycles. The smallest absolute Gasteiger partial charge is 0.207 e. The number of hydrogen-bond acceptors (Lipinski definition) is 2. The highest BCUT2D eigenvalue weighted by atomic mass is 35.5. The summed E-state index contributed by atoms with van der Waals surface area (Å²) in [6.07, 6.45) is 0.674. The molecule has 2 aromatic carbocycles. The molecule has 0 saturated heterocycles. The molecule has 0 aliphatic rings. The SMILES string of the molecule is CCC(NS(=O)(=O)c1ccc(Cl)cc1)c1ccc(C(C)C)cc1. The van der Waals surface area contributed by atoms with E-state index in [0.717, 1.165) is 5.56 Å². The van der Waals surface area contributed by atoms with Gasteiger partial charge < -0.3 is 0 Å². The van der Waals surface area contributed by atoms with Gasteiger partial charge in [0.1, 0.15) is 0 Å². The van der Waals surface area contributed by atoms with Crippen LogP contribution in [0.15, 0.2) is 53.4 Å². The monoisotopic (exact) mass is 351 g/mol. The Kier molecular flexibility index (Phi) is 5.84. The van der Waals surface area contributed by atoms with Crippen molar-refractivity contribution in [1.82, 2.24) is 4.72 Å². The molecule has 1 N–H and O–H groups in total. The van der Waals surface area contributed by atoms with Crippen LogP contribution in [0.2, 0.25) is 5.02 Å². The molecular weight excluding hydrogens is 330 g/mol. The summed E-state index contributed by atoms with van der Waals surface area (Å²) in [5, 5.41) is 0.514. The fourth-order valence-corrected chi connectivity index (χ4v) is 3.80. The van der Waals surface area contributed by atoms with E-state index in [1.54, 1.807) is 12.1 Å². The van der Waals surface area contributed by atoms with Crippen molar-refractivity contribution in [3.63, 3.8) is 0 Å². The van der Waals surface area contributed by atoms with Crippen LogP contribution in [0.5, 0.6) is 0 Å². The van der Waals surface area contributed by atoms with E-state index in [4.69, 9.17) is 11.6 Å². The highest BCUT2D eigenvalue weighted by Crippen LogP contribution is 2.23. The molecule has 2 aromatic rings. The molecule has 1 atom stereocenters. The minimum atomic E-state index is -3.57. The Morgan fingerprint density at radius 3 is 1.96 bits per heavy atom. The molecule has 0 spiro atoms. The van der Waals surface area contributed by atoms with Crippen molar-refractivity contribution in [3.05, 3.63) is 64.7 Å². The van der Waals surface area contributed by atoms with Crippen LogP contribution in [-0.4, -0.2) is 8.42 Å². The lowest BCUT2D eigenvalue weighted by atomic mass is 9.98. The van der Waals surface area contributed by atoms with Gasteiger partial charge in [-0.1, -0.05) is 56.6 Å². The lowest BCUT2D eigenvalue weighted by Crippen LogP contribution is -2.28. The molecule has 3 nitrogen and oxygen atoms in total. The van der Waals surface area contributed by atoms with E-state index in [9.17, 15) is 8.42 Å². The van der Waals surface area contributed by atoms with Crippen molar-refractivity contribution >= 4 is 21.6 Å². The maximum atomic E-state index is 12.5. The number of sulfonamides is 1. The van der Waals surface area contributed by atoms with E-state index >= 15 is 0 Å². The van der Waals surface area contributed by atoms with Gasteiger partial charge in [-0.2, -0.15) is 0 Å². The molecule has 1 unspecified atom stereocenters. The van der Waals surface area contributed by atoms with E-state index in [0.29, 0.717) is 17.4 Å².